The Kier molecular flexibility index (Phi) is 4.06. The van der Waals surface area contributed by atoms with Gasteiger partial charge in [0.2, 0.25) is 0 Å². The van der Waals surface area contributed by atoms with E-state index in [2.05, 4.69) is 56.7 Å². The van der Waals surface area contributed by atoms with Gasteiger partial charge in [-0.15, -0.1) is 10.2 Å². The molecule has 1 aliphatic heterocycles. The summed E-state index contributed by atoms with van der Waals surface area (Å²) in [6.45, 7) is 7.01. The average molecular weight is 324 g/mol. The Balaban J connectivity index is 1.50. The van der Waals surface area contributed by atoms with Crippen LogP contribution in [0, 0.1) is 0 Å². The van der Waals surface area contributed by atoms with Crippen LogP contribution in [-0.2, 0) is 32.5 Å². The highest BCUT2D eigenvalue weighted by atomic mass is 15.3. The zero-order chi connectivity index (χ0) is 16.5. The SMILES string of the molecule is CCc1nnc2n1C[C@H](NCc1nc3ccccc3n1CC)CC2. The Hall–Kier alpha value is -2.21. The first-order valence-electron chi connectivity index (χ1n) is 8.88. The molecule has 24 heavy (non-hydrogen) atoms. The maximum absolute atomic E-state index is 4.80. The first-order chi connectivity index (χ1) is 11.8. The molecule has 0 unspecified atom stereocenters. The van der Waals surface area contributed by atoms with Gasteiger partial charge in [0, 0.05) is 32.0 Å². The van der Waals surface area contributed by atoms with Crippen molar-refractivity contribution in [3.8, 4) is 0 Å². The molecule has 0 bridgehead atoms. The van der Waals surface area contributed by atoms with Crippen LogP contribution >= 0.6 is 0 Å². The summed E-state index contributed by atoms with van der Waals surface area (Å²) in [7, 11) is 0. The molecule has 1 atom stereocenters. The van der Waals surface area contributed by atoms with Crippen LogP contribution in [0.25, 0.3) is 11.0 Å². The van der Waals surface area contributed by atoms with Gasteiger partial charge in [0.25, 0.3) is 0 Å². The summed E-state index contributed by atoms with van der Waals surface area (Å²) in [6, 6.07) is 8.81. The lowest BCUT2D eigenvalue weighted by molar-refractivity contribution is 0.368. The molecule has 3 aromatic rings. The first kappa shape index (κ1) is 15.3. The number of fused-ring (bicyclic) bond motifs is 2. The van der Waals surface area contributed by atoms with Crippen molar-refractivity contribution in [2.75, 3.05) is 0 Å². The third-order valence-corrected chi connectivity index (χ3v) is 4.94. The largest absolute Gasteiger partial charge is 0.327 e. The monoisotopic (exact) mass is 324 g/mol. The molecule has 6 nitrogen and oxygen atoms in total. The van der Waals surface area contributed by atoms with Gasteiger partial charge in [0.1, 0.15) is 17.5 Å². The van der Waals surface area contributed by atoms with Crippen molar-refractivity contribution in [2.24, 2.45) is 0 Å². The molecule has 2 aromatic heterocycles. The summed E-state index contributed by atoms with van der Waals surface area (Å²) in [5, 5.41) is 12.3. The summed E-state index contributed by atoms with van der Waals surface area (Å²) < 4.78 is 4.58. The Morgan fingerprint density at radius 1 is 1.17 bits per heavy atom. The number of nitrogens with zero attached hydrogens (tertiary/aromatic N) is 5. The fraction of sp³-hybridized carbons (Fsp3) is 0.500. The van der Waals surface area contributed by atoms with Crippen LogP contribution in [0.15, 0.2) is 24.3 Å². The van der Waals surface area contributed by atoms with Gasteiger partial charge in [-0.1, -0.05) is 19.1 Å². The van der Waals surface area contributed by atoms with E-state index in [1.807, 2.05) is 6.07 Å². The van der Waals surface area contributed by atoms with Crippen molar-refractivity contribution >= 4 is 11.0 Å². The van der Waals surface area contributed by atoms with Gasteiger partial charge in [-0.25, -0.2) is 4.98 Å². The van der Waals surface area contributed by atoms with E-state index in [1.165, 1.54) is 5.52 Å². The van der Waals surface area contributed by atoms with Crippen molar-refractivity contribution in [1.82, 2.24) is 29.6 Å². The Labute approximate surface area is 141 Å². The third-order valence-electron chi connectivity index (χ3n) is 4.94. The topological polar surface area (TPSA) is 60.6 Å². The zero-order valence-corrected chi connectivity index (χ0v) is 14.4. The number of imidazole rings is 1. The van der Waals surface area contributed by atoms with Crippen molar-refractivity contribution in [3.63, 3.8) is 0 Å². The van der Waals surface area contributed by atoms with Crippen LogP contribution in [0.5, 0.6) is 0 Å². The van der Waals surface area contributed by atoms with E-state index in [0.29, 0.717) is 6.04 Å². The first-order valence-corrected chi connectivity index (χ1v) is 8.88. The average Bonchev–Trinajstić information content (AvgIpc) is 3.19. The highest BCUT2D eigenvalue weighted by Crippen LogP contribution is 2.18. The van der Waals surface area contributed by atoms with E-state index in [0.717, 1.165) is 61.9 Å². The summed E-state index contributed by atoms with van der Waals surface area (Å²) >= 11 is 0. The van der Waals surface area contributed by atoms with Crippen molar-refractivity contribution in [3.05, 3.63) is 41.7 Å². The molecule has 1 N–H and O–H groups in total. The standard InChI is InChI=1S/C18H24N6/c1-3-16-21-22-17-10-9-13(12-24(16)17)19-11-18-20-14-7-5-6-8-15(14)23(18)4-2/h5-8,13,19H,3-4,9-12H2,1-2H3/t13-/m1/s1. The number of aryl methyl sites for hydroxylation is 3. The Morgan fingerprint density at radius 2 is 2.04 bits per heavy atom. The van der Waals surface area contributed by atoms with E-state index in [4.69, 9.17) is 4.98 Å². The van der Waals surface area contributed by atoms with Crippen molar-refractivity contribution < 1.29 is 0 Å². The summed E-state index contributed by atoms with van der Waals surface area (Å²) in [5.74, 6) is 3.34. The second kappa shape index (κ2) is 6.36. The maximum atomic E-state index is 4.80. The second-order valence-corrected chi connectivity index (χ2v) is 6.37. The number of hydrogen-bond acceptors (Lipinski definition) is 4. The molecular weight excluding hydrogens is 300 g/mol. The molecule has 126 valence electrons. The van der Waals surface area contributed by atoms with Gasteiger partial charge >= 0.3 is 0 Å². The van der Waals surface area contributed by atoms with E-state index in [9.17, 15) is 0 Å². The van der Waals surface area contributed by atoms with Crippen LogP contribution in [0.3, 0.4) is 0 Å². The molecule has 0 aliphatic carbocycles. The molecule has 0 radical (unpaired) electrons. The van der Waals surface area contributed by atoms with Crippen LogP contribution in [0.1, 0.15) is 37.7 Å². The smallest absolute Gasteiger partial charge is 0.133 e. The Morgan fingerprint density at radius 3 is 2.88 bits per heavy atom. The minimum atomic E-state index is 0.448. The Bertz CT molecular complexity index is 833. The van der Waals surface area contributed by atoms with E-state index >= 15 is 0 Å². The van der Waals surface area contributed by atoms with Gasteiger partial charge in [-0.05, 0) is 25.5 Å². The predicted molar refractivity (Wildman–Crippen MR) is 93.8 cm³/mol. The highest BCUT2D eigenvalue weighted by molar-refractivity contribution is 5.75. The minimum Gasteiger partial charge on any atom is -0.327 e. The molecular formula is C18H24N6. The third kappa shape index (κ3) is 2.60. The van der Waals surface area contributed by atoms with Crippen LogP contribution in [0.4, 0.5) is 0 Å². The maximum Gasteiger partial charge on any atom is 0.133 e. The van der Waals surface area contributed by atoms with Crippen molar-refractivity contribution in [1.29, 1.82) is 0 Å². The second-order valence-electron chi connectivity index (χ2n) is 6.37. The van der Waals surface area contributed by atoms with Crippen LogP contribution in [0.2, 0.25) is 0 Å². The number of para-hydroxylation sites is 2. The fourth-order valence-electron chi connectivity index (χ4n) is 3.66. The molecule has 0 saturated heterocycles. The van der Waals surface area contributed by atoms with Crippen LogP contribution in [-0.4, -0.2) is 30.4 Å². The molecule has 6 heteroatoms. The van der Waals surface area contributed by atoms with Gasteiger partial charge in [-0.2, -0.15) is 0 Å². The molecule has 0 spiro atoms. The summed E-state index contributed by atoms with van der Waals surface area (Å²) in [4.78, 5) is 4.80. The van der Waals surface area contributed by atoms with Gasteiger partial charge in [0.15, 0.2) is 0 Å². The number of benzene rings is 1. The lowest BCUT2D eigenvalue weighted by Gasteiger charge is -2.25. The molecule has 0 fully saturated rings. The highest BCUT2D eigenvalue weighted by Gasteiger charge is 2.22. The fourth-order valence-corrected chi connectivity index (χ4v) is 3.66. The number of nitrogens with one attached hydrogen (secondary N) is 1. The van der Waals surface area contributed by atoms with Crippen LogP contribution < -0.4 is 5.32 Å². The lowest BCUT2D eigenvalue weighted by atomic mass is 10.1. The number of hydrogen-bond donors (Lipinski definition) is 1. The summed E-state index contributed by atoms with van der Waals surface area (Å²) in [5.41, 5.74) is 2.30. The summed E-state index contributed by atoms with van der Waals surface area (Å²) in [6.07, 6.45) is 3.04. The number of aromatic nitrogens is 5. The quantitative estimate of drug-likeness (QED) is 0.782. The molecule has 1 aliphatic rings. The van der Waals surface area contributed by atoms with Gasteiger partial charge < -0.3 is 14.5 Å². The van der Waals surface area contributed by atoms with Gasteiger partial charge in [0.05, 0.1) is 17.6 Å². The number of rotatable bonds is 5. The molecule has 4 rings (SSSR count). The van der Waals surface area contributed by atoms with E-state index in [-0.39, 0.29) is 0 Å². The lowest BCUT2D eigenvalue weighted by Crippen LogP contribution is -2.38. The molecule has 3 heterocycles. The predicted octanol–water partition coefficient (Wildman–Crippen LogP) is 2.31. The minimum absolute atomic E-state index is 0.448. The van der Waals surface area contributed by atoms with Gasteiger partial charge in [-0.3, -0.25) is 0 Å². The van der Waals surface area contributed by atoms with Crippen molar-refractivity contribution in [2.45, 2.75) is 58.8 Å². The molecule has 0 saturated carbocycles. The van der Waals surface area contributed by atoms with E-state index in [1.54, 1.807) is 0 Å². The zero-order valence-electron chi connectivity index (χ0n) is 14.4. The van der Waals surface area contributed by atoms with E-state index < -0.39 is 0 Å². The molecule has 1 aromatic carbocycles. The normalized spacial score (nSPS) is 17.3. The molecule has 0 amide bonds.